The normalized spacial score (nSPS) is 44.3. The van der Waals surface area contributed by atoms with Crippen molar-refractivity contribution in [1.82, 2.24) is 9.80 Å². The van der Waals surface area contributed by atoms with Gasteiger partial charge in [0.2, 0.25) is 0 Å². The Labute approximate surface area is 127 Å². The zero-order chi connectivity index (χ0) is 14.4. The van der Waals surface area contributed by atoms with Gasteiger partial charge in [0, 0.05) is 50.1 Å². The van der Waals surface area contributed by atoms with Crippen LogP contribution in [0.1, 0.15) is 39.0 Å². The third-order valence-electron chi connectivity index (χ3n) is 6.10. The van der Waals surface area contributed by atoms with E-state index >= 15 is 0 Å². The van der Waals surface area contributed by atoms with E-state index in [0.717, 1.165) is 38.5 Å². The van der Waals surface area contributed by atoms with Crippen LogP contribution in [0.4, 0.5) is 0 Å². The number of nitrogens with zero attached hydrogens (tertiary/aromatic N) is 2. The second kappa shape index (κ2) is 5.46. The molecule has 4 fully saturated rings. The highest BCUT2D eigenvalue weighted by Gasteiger charge is 2.48. The Morgan fingerprint density at radius 1 is 1.14 bits per heavy atom. The molecule has 0 aromatic rings. The van der Waals surface area contributed by atoms with E-state index in [1.54, 1.807) is 0 Å². The van der Waals surface area contributed by atoms with Crippen molar-refractivity contribution >= 4 is 0 Å². The Bertz CT molecular complexity index is 386. The first-order valence-corrected chi connectivity index (χ1v) is 8.70. The van der Waals surface area contributed by atoms with Crippen molar-refractivity contribution in [2.75, 3.05) is 32.8 Å². The van der Waals surface area contributed by atoms with E-state index in [0.29, 0.717) is 12.1 Å². The number of nitrogens with two attached hydrogens (primary N) is 1. The van der Waals surface area contributed by atoms with Crippen molar-refractivity contribution in [3.63, 3.8) is 0 Å². The fourth-order valence-corrected chi connectivity index (χ4v) is 4.95. The number of hydrogen-bond donors (Lipinski definition) is 1. The summed E-state index contributed by atoms with van der Waals surface area (Å²) in [6.07, 6.45) is 5.64. The highest BCUT2D eigenvalue weighted by Crippen LogP contribution is 2.39. The van der Waals surface area contributed by atoms with Gasteiger partial charge in [-0.2, -0.15) is 0 Å². The summed E-state index contributed by atoms with van der Waals surface area (Å²) in [5.74, 6) is -0.326. The van der Waals surface area contributed by atoms with E-state index in [1.807, 2.05) is 0 Å². The van der Waals surface area contributed by atoms with Crippen molar-refractivity contribution in [1.29, 1.82) is 0 Å². The highest BCUT2D eigenvalue weighted by molar-refractivity contribution is 5.00. The lowest BCUT2D eigenvalue weighted by atomic mass is 9.83. The maximum Gasteiger partial charge on any atom is 0.170 e. The zero-order valence-corrected chi connectivity index (χ0v) is 13.2. The van der Waals surface area contributed by atoms with Gasteiger partial charge in [0.15, 0.2) is 5.79 Å². The molecule has 1 aliphatic carbocycles. The van der Waals surface area contributed by atoms with E-state index in [2.05, 4.69) is 16.7 Å². The Kier molecular flexibility index (Phi) is 3.74. The second-order valence-electron chi connectivity index (χ2n) is 7.42. The maximum absolute atomic E-state index is 6.49. The first-order valence-electron chi connectivity index (χ1n) is 8.70. The summed E-state index contributed by atoms with van der Waals surface area (Å²) in [5.41, 5.74) is 6.49. The van der Waals surface area contributed by atoms with E-state index in [1.165, 1.54) is 32.5 Å². The minimum absolute atomic E-state index is 0.263. The zero-order valence-electron chi connectivity index (χ0n) is 13.2. The molecule has 3 aliphatic heterocycles. The fraction of sp³-hybridized carbons (Fsp3) is 1.00. The predicted molar refractivity (Wildman–Crippen MR) is 81.0 cm³/mol. The van der Waals surface area contributed by atoms with Gasteiger partial charge in [0.1, 0.15) is 0 Å². The van der Waals surface area contributed by atoms with Gasteiger partial charge >= 0.3 is 0 Å². The average molecular weight is 295 g/mol. The first-order chi connectivity index (χ1) is 10.2. The molecule has 5 heteroatoms. The average Bonchev–Trinajstić information content (AvgIpc) is 3.10. The van der Waals surface area contributed by atoms with E-state index in [9.17, 15) is 0 Å². The van der Waals surface area contributed by atoms with Crippen LogP contribution in [0.25, 0.3) is 0 Å². The topological polar surface area (TPSA) is 51.0 Å². The molecule has 4 aliphatic rings. The molecule has 0 aromatic heterocycles. The van der Waals surface area contributed by atoms with Crippen LogP contribution in [0, 0.1) is 0 Å². The number of ether oxygens (including phenoxy) is 2. The number of fused-ring (bicyclic) bond motifs is 1. The molecule has 2 N–H and O–H groups in total. The van der Waals surface area contributed by atoms with Crippen LogP contribution in [0.15, 0.2) is 0 Å². The van der Waals surface area contributed by atoms with Crippen LogP contribution in [0.2, 0.25) is 0 Å². The molecule has 21 heavy (non-hydrogen) atoms. The van der Waals surface area contributed by atoms with Crippen LogP contribution in [0.5, 0.6) is 0 Å². The fourth-order valence-electron chi connectivity index (χ4n) is 4.95. The summed E-state index contributed by atoms with van der Waals surface area (Å²) in [5, 5.41) is 0. The maximum atomic E-state index is 6.49. The number of hydrogen-bond acceptors (Lipinski definition) is 5. The molecular formula is C16H29N3O2. The monoisotopic (exact) mass is 295 g/mol. The Morgan fingerprint density at radius 2 is 1.95 bits per heavy atom. The van der Waals surface area contributed by atoms with Crippen LogP contribution < -0.4 is 5.73 Å². The van der Waals surface area contributed by atoms with Crippen LogP contribution in [-0.2, 0) is 9.47 Å². The Balaban J connectivity index is 1.50. The minimum Gasteiger partial charge on any atom is -0.347 e. The van der Waals surface area contributed by atoms with E-state index < -0.39 is 0 Å². The summed E-state index contributed by atoms with van der Waals surface area (Å²) in [6.45, 7) is 7.51. The number of piperazine rings is 1. The minimum atomic E-state index is -0.326. The van der Waals surface area contributed by atoms with Gasteiger partial charge in [-0.25, -0.2) is 0 Å². The molecule has 0 amide bonds. The van der Waals surface area contributed by atoms with E-state index in [-0.39, 0.29) is 11.8 Å². The van der Waals surface area contributed by atoms with Gasteiger partial charge in [-0.1, -0.05) is 0 Å². The molecule has 1 spiro atoms. The summed E-state index contributed by atoms with van der Waals surface area (Å²) in [6, 6.07) is 2.01. The van der Waals surface area contributed by atoms with Gasteiger partial charge in [0.05, 0.1) is 13.2 Å². The molecule has 1 saturated carbocycles. The smallest absolute Gasteiger partial charge is 0.170 e. The molecule has 4 unspecified atom stereocenters. The van der Waals surface area contributed by atoms with Gasteiger partial charge in [-0.3, -0.25) is 9.80 Å². The van der Waals surface area contributed by atoms with Crippen molar-refractivity contribution in [3.8, 4) is 0 Å². The molecule has 4 rings (SSSR count). The van der Waals surface area contributed by atoms with Gasteiger partial charge in [-0.15, -0.1) is 0 Å². The molecule has 0 bridgehead atoms. The van der Waals surface area contributed by atoms with Crippen molar-refractivity contribution < 1.29 is 9.47 Å². The molecule has 3 heterocycles. The summed E-state index contributed by atoms with van der Waals surface area (Å²) < 4.78 is 11.9. The first kappa shape index (κ1) is 14.4. The summed E-state index contributed by atoms with van der Waals surface area (Å²) >= 11 is 0. The lowest BCUT2D eigenvalue weighted by Gasteiger charge is -2.51. The summed E-state index contributed by atoms with van der Waals surface area (Å²) in [4.78, 5) is 5.34. The number of rotatable bonds is 1. The standard InChI is InChI=1S/C16H29N3O2/c1-12-10-18-6-2-3-13(18)11-19(12)15-9-16(5-4-14(15)17)20-7-8-21-16/h12-15H,2-11,17H2,1H3. The van der Waals surface area contributed by atoms with Crippen molar-refractivity contribution in [3.05, 3.63) is 0 Å². The molecule has 4 atom stereocenters. The van der Waals surface area contributed by atoms with Gasteiger partial charge in [-0.05, 0) is 32.7 Å². The molecule has 120 valence electrons. The Hall–Kier alpha value is -0.200. The van der Waals surface area contributed by atoms with Crippen molar-refractivity contribution in [2.45, 2.75) is 69.0 Å². The SMILES string of the molecule is CC1CN2CCCC2CN1C1CC2(CCC1N)OCCO2. The largest absolute Gasteiger partial charge is 0.347 e. The molecule has 5 nitrogen and oxygen atoms in total. The third-order valence-corrected chi connectivity index (χ3v) is 6.10. The predicted octanol–water partition coefficient (Wildman–Crippen LogP) is 0.778. The molecule has 0 radical (unpaired) electrons. The molecule has 0 aromatic carbocycles. The lowest BCUT2D eigenvalue weighted by Crippen LogP contribution is -2.64. The Morgan fingerprint density at radius 3 is 2.76 bits per heavy atom. The van der Waals surface area contributed by atoms with E-state index in [4.69, 9.17) is 15.2 Å². The quantitative estimate of drug-likeness (QED) is 0.775. The van der Waals surface area contributed by atoms with Crippen LogP contribution >= 0.6 is 0 Å². The molecule has 3 saturated heterocycles. The van der Waals surface area contributed by atoms with Gasteiger partial charge in [0.25, 0.3) is 0 Å². The van der Waals surface area contributed by atoms with Crippen molar-refractivity contribution in [2.24, 2.45) is 5.73 Å². The second-order valence-corrected chi connectivity index (χ2v) is 7.42. The summed E-state index contributed by atoms with van der Waals surface area (Å²) in [7, 11) is 0. The highest BCUT2D eigenvalue weighted by atomic mass is 16.7. The third kappa shape index (κ3) is 2.53. The lowest BCUT2D eigenvalue weighted by molar-refractivity contribution is -0.196. The van der Waals surface area contributed by atoms with Crippen LogP contribution in [0.3, 0.4) is 0 Å². The van der Waals surface area contributed by atoms with Gasteiger partial charge < -0.3 is 15.2 Å². The molecular weight excluding hydrogens is 266 g/mol. The van der Waals surface area contributed by atoms with Crippen LogP contribution in [-0.4, -0.2) is 72.6 Å².